The number of fused-ring (bicyclic) bond motifs is 1. The summed E-state index contributed by atoms with van der Waals surface area (Å²) in [6, 6.07) is 6.12. The van der Waals surface area contributed by atoms with Crippen molar-refractivity contribution in [3.05, 3.63) is 52.8 Å². The summed E-state index contributed by atoms with van der Waals surface area (Å²) in [5.41, 5.74) is 0.983. The van der Waals surface area contributed by atoms with Crippen molar-refractivity contribution >= 4 is 50.2 Å². The lowest BCUT2D eigenvalue weighted by Crippen LogP contribution is -2.11. The van der Waals surface area contributed by atoms with Gasteiger partial charge in [0.2, 0.25) is 0 Å². The van der Waals surface area contributed by atoms with Crippen LogP contribution in [-0.2, 0) is 0 Å². The lowest BCUT2D eigenvalue weighted by Gasteiger charge is -2.00. The molecule has 1 aromatic carbocycles. The Morgan fingerprint density at radius 1 is 1.18 bits per heavy atom. The maximum atomic E-state index is 12.1. The summed E-state index contributed by atoms with van der Waals surface area (Å²) >= 11 is 7.05. The van der Waals surface area contributed by atoms with Gasteiger partial charge in [0, 0.05) is 12.4 Å². The van der Waals surface area contributed by atoms with Crippen LogP contribution in [0, 0.1) is 0 Å². The minimum atomic E-state index is -1.02. The first-order valence-electron chi connectivity index (χ1n) is 6.09. The van der Waals surface area contributed by atoms with Gasteiger partial charge in [-0.25, -0.2) is 9.78 Å². The molecule has 0 spiro atoms. The van der Waals surface area contributed by atoms with Crippen molar-refractivity contribution in [1.82, 2.24) is 9.97 Å². The molecule has 6 nitrogen and oxygen atoms in total. The lowest BCUT2D eigenvalue weighted by molar-refractivity contribution is 0.0697. The molecule has 3 aromatic rings. The van der Waals surface area contributed by atoms with Crippen molar-refractivity contribution in [3.8, 4) is 0 Å². The van der Waals surface area contributed by atoms with E-state index in [1.54, 1.807) is 6.07 Å². The van der Waals surface area contributed by atoms with Gasteiger partial charge < -0.3 is 5.11 Å². The van der Waals surface area contributed by atoms with Crippen molar-refractivity contribution < 1.29 is 14.7 Å². The van der Waals surface area contributed by atoms with Crippen LogP contribution in [0.5, 0.6) is 0 Å². The number of hydrogen-bond donors (Lipinski definition) is 2. The highest BCUT2D eigenvalue weighted by atomic mass is 35.5. The maximum Gasteiger partial charge on any atom is 0.335 e. The number of carbonyl (C=O) groups is 2. The van der Waals surface area contributed by atoms with Gasteiger partial charge in [0.05, 0.1) is 26.4 Å². The number of carboxylic acid groups (broad SMARTS) is 1. The fourth-order valence-corrected chi connectivity index (χ4v) is 2.83. The van der Waals surface area contributed by atoms with Crippen LogP contribution >= 0.6 is 22.9 Å². The second-order valence-corrected chi connectivity index (χ2v) is 5.82. The third kappa shape index (κ3) is 2.90. The summed E-state index contributed by atoms with van der Waals surface area (Å²) in [6.07, 6.45) is 2.83. The second-order valence-electron chi connectivity index (χ2n) is 4.35. The Hall–Kier alpha value is -2.51. The Morgan fingerprint density at radius 3 is 2.73 bits per heavy atom. The highest BCUT2D eigenvalue weighted by Crippen LogP contribution is 2.27. The van der Waals surface area contributed by atoms with Crippen LogP contribution in [0.3, 0.4) is 0 Å². The van der Waals surface area contributed by atoms with Crippen LogP contribution in [0.15, 0.2) is 36.7 Å². The molecule has 0 aliphatic carbocycles. The summed E-state index contributed by atoms with van der Waals surface area (Å²) in [5.74, 6) is -1.40. The first-order chi connectivity index (χ1) is 10.5. The van der Waals surface area contributed by atoms with Crippen molar-refractivity contribution in [3.63, 3.8) is 0 Å². The number of halogens is 1. The molecule has 0 aliphatic rings. The summed E-state index contributed by atoms with van der Waals surface area (Å²) < 4.78 is 0.782. The normalized spacial score (nSPS) is 10.6. The molecule has 0 saturated heterocycles. The van der Waals surface area contributed by atoms with Gasteiger partial charge in [-0.3, -0.25) is 15.1 Å². The third-order valence-electron chi connectivity index (χ3n) is 2.82. The van der Waals surface area contributed by atoms with Gasteiger partial charge in [0.25, 0.3) is 5.91 Å². The minimum Gasteiger partial charge on any atom is -0.478 e. The number of pyridine rings is 1. The fraction of sp³-hybridized carbons (Fsp3) is 0. The number of thiazole rings is 1. The quantitative estimate of drug-likeness (QED) is 0.767. The SMILES string of the molecule is O=C(O)c1ccc2sc(NC(=O)c3cncc(Cl)c3)nc2c1. The van der Waals surface area contributed by atoms with E-state index in [9.17, 15) is 9.59 Å². The maximum absolute atomic E-state index is 12.1. The molecule has 0 unspecified atom stereocenters. The number of hydrogen-bond acceptors (Lipinski definition) is 5. The topological polar surface area (TPSA) is 92.2 Å². The average Bonchev–Trinajstić information content (AvgIpc) is 2.88. The van der Waals surface area contributed by atoms with Gasteiger partial charge in [-0.15, -0.1) is 0 Å². The van der Waals surface area contributed by atoms with Crippen LogP contribution in [0.25, 0.3) is 10.2 Å². The number of amides is 1. The van der Waals surface area contributed by atoms with Crippen molar-refractivity contribution in [2.45, 2.75) is 0 Å². The molecule has 3 rings (SSSR count). The van der Waals surface area contributed by atoms with E-state index in [1.807, 2.05) is 0 Å². The summed E-state index contributed by atoms with van der Waals surface area (Å²) in [7, 11) is 0. The largest absolute Gasteiger partial charge is 0.478 e. The first kappa shape index (κ1) is 14.4. The zero-order chi connectivity index (χ0) is 15.7. The van der Waals surface area contributed by atoms with Crippen LogP contribution < -0.4 is 5.32 Å². The number of benzene rings is 1. The van der Waals surface area contributed by atoms with Crippen LogP contribution in [0.4, 0.5) is 5.13 Å². The standard InChI is InChI=1S/C14H8ClN3O3S/c15-9-3-8(5-16-6-9)12(19)18-14-17-10-4-7(13(20)21)1-2-11(10)22-14/h1-6H,(H,20,21)(H,17,18,19). The highest BCUT2D eigenvalue weighted by Gasteiger charge is 2.12. The predicted molar refractivity (Wildman–Crippen MR) is 83.8 cm³/mol. The van der Waals surface area contributed by atoms with Crippen molar-refractivity contribution in [2.75, 3.05) is 5.32 Å². The molecule has 0 fully saturated rings. The summed E-state index contributed by atoms with van der Waals surface area (Å²) in [6.45, 7) is 0. The van der Waals surface area contributed by atoms with Gasteiger partial charge in [0.15, 0.2) is 5.13 Å². The van der Waals surface area contributed by atoms with Crippen molar-refractivity contribution in [2.24, 2.45) is 0 Å². The number of carboxylic acids is 1. The molecule has 0 radical (unpaired) electrons. The number of aromatic carboxylic acids is 1. The molecule has 2 heterocycles. The van der Waals surface area contributed by atoms with E-state index >= 15 is 0 Å². The number of anilines is 1. The fourth-order valence-electron chi connectivity index (χ4n) is 1.82. The van der Waals surface area contributed by atoms with E-state index in [-0.39, 0.29) is 11.5 Å². The van der Waals surface area contributed by atoms with E-state index in [0.29, 0.717) is 21.2 Å². The lowest BCUT2D eigenvalue weighted by atomic mass is 10.2. The number of aromatic nitrogens is 2. The molecule has 1 amide bonds. The number of nitrogens with zero attached hydrogens (tertiary/aromatic N) is 2. The average molecular weight is 334 g/mol. The van der Waals surface area contributed by atoms with Gasteiger partial charge in [-0.05, 0) is 24.3 Å². The van der Waals surface area contributed by atoms with E-state index < -0.39 is 5.97 Å². The van der Waals surface area contributed by atoms with Gasteiger partial charge >= 0.3 is 5.97 Å². The zero-order valence-electron chi connectivity index (χ0n) is 10.9. The van der Waals surface area contributed by atoms with Gasteiger partial charge in [-0.1, -0.05) is 22.9 Å². The molecule has 8 heteroatoms. The van der Waals surface area contributed by atoms with Gasteiger partial charge in [0.1, 0.15) is 0 Å². The molecule has 2 aromatic heterocycles. The molecule has 0 atom stereocenters. The van der Waals surface area contributed by atoms with Gasteiger partial charge in [-0.2, -0.15) is 0 Å². The monoisotopic (exact) mass is 333 g/mol. The molecule has 2 N–H and O–H groups in total. The van der Waals surface area contributed by atoms with E-state index in [0.717, 1.165) is 4.70 Å². The Morgan fingerprint density at radius 2 is 2.00 bits per heavy atom. The number of rotatable bonds is 3. The minimum absolute atomic E-state index is 0.148. The van der Waals surface area contributed by atoms with Crippen LogP contribution in [0.1, 0.15) is 20.7 Å². The number of nitrogens with one attached hydrogen (secondary N) is 1. The second kappa shape index (κ2) is 5.70. The zero-order valence-corrected chi connectivity index (χ0v) is 12.5. The Kier molecular flexibility index (Phi) is 3.74. The van der Waals surface area contributed by atoms with E-state index in [1.165, 1.54) is 41.9 Å². The first-order valence-corrected chi connectivity index (χ1v) is 7.28. The summed E-state index contributed by atoms with van der Waals surface area (Å²) in [5, 5.41) is 12.3. The summed E-state index contributed by atoms with van der Waals surface area (Å²) in [4.78, 5) is 31.1. The molecular weight excluding hydrogens is 326 g/mol. The van der Waals surface area contributed by atoms with E-state index in [4.69, 9.17) is 16.7 Å². The molecule has 0 aliphatic heterocycles. The molecule has 0 bridgehead atoms. The van der Waals surface area contributed by atoms with Crippen molar-refractivity contribution in [1.29, 1.82) is 0 Å². The number of carbonyl (C=O) groups excluding carboxylic acids is 1. The van der Waals surface area contributed by atoms with E-state index in [2.05, 4.69) is 15.3 Å². The molecule has 0 saturated carbocycles. The Bertz CT molecular complexity index is 894. The predicted octanol–water partition coefficient (Wildman–Crippen LogP) is 3.30. The Balaban J connectivity index is 1.87. The molecule has 22 heavy (non-hydrogen) atoms. The van der Waals surface area contributed by atoms with Crippen LogP contribution in [0.2, 0.25) is 5.02 Å². The smallest absolute Gasteiger partial charge is 0.335 e. The molecule has 110 valence electrons. The third-order valence-corrected chi connectivity index (χ3v) is 3.98. The highest BCUT2D eigenvalue weighted by molar-refractivity contribution is 7.22. The Labute approximate surface area is 133 Å². The van der Waals surface area contributed by atoms with Crippen LogP contribution in [-0.4, -0.2) is 27.0 Å². The molecular formula is C14H8ClN3O3S.